The lowest BCUT2D eigenvalue weighted by Gasteiger charge is -2.36. The van der Waals surface area contributed by atoms with Gasteiger partial charge in [-0.3, -0.25) is 4.79 Å². The Morgan fingerprint density at radius 1 is 1.50 bits per heavy atom. The molecule has 0 saturated carbocycles. The number of nitrogens with zero attached hydrogens (tertiary/aromatic N) is 2. The van der Waals surface area contributed by atoms with Gasteiger partial charge in [0.1, 0.15) is 5.69 Å². The molecule has 0 spiro atoms. The molecule has 6 nitrogen and oxygen atoms in total. The fraction of sp³-hybridized carbons (Fsp3) is 0.571. The number of nitrogens with one attached hydrogen (secondary N) is 1. The van der Waals surface area contributed by atoms with E-state index in [1.807, 2.05) is 13.8 Å². The van der Waals surface area contributed by atoms with Crippen molar-refractivity contribution in [1.82, 2.24) is 9.47 Å². The van der Waals surface area contributed by atoms with Crippen molar-refractivity contribution < 1.29 is 9.53 Å². The number of morpholine rings is 1. The SMILES string of the molecule is CC[C@H]1CN(C(=O)Nc2cccn(C)c2=O)C[C@H](C)O1. The first-order valence-corrected chi connectivity index (χ1v) is 6.88. The van der Waals surface area contributed by atoms with Crippen LogP contribution in [0.3, 0.4) is 0 Å². The molecule has 0 aliphatic carbocycles. The third-order valence-electron chi connectivity index (χ3n) is 3.43. The van der Waals surface area contributed by atoms with Gasteiger partial charge in [0.15, 0.2) is 0 Å². The number of hydrogen-bond acceptors (Lipinski definition) is 3. The molecule has 0 radical (unpaired) electrons. The minimum atomic E-state index is -0.248. The normalized spacial score (nSPS) is 22.6. The molecule has 1 N–H and O–H groups in total. The number of aryl methyl sites for hydroxylation is 1. The predicted octanol–water partition coefficient (Wildman–Crippen LogP) is 1.42. The van der Waals surface area contributed by atoms with Crippen LogP contribution in [-0.2, 0) is 11.8 Å². The first-order valence-electron chi connectivity index (χ1n) is 6.88. The van der Waals surface area contributed by atoms with E-state index in [4.69, 9.17) is 4.74 Å². The molecule has 0 aromatic carbocycles. The second-order valence-corrected chi connectivity index (χ2v) is 5.15. The Kier molecular flexibility index (Phi) is 4.44. The van der Waals surface area contributed by atoms with Gasteiger partial charge >= 0.3 is 6.03 Å². The lowest BCUT2D eigenvalue weighted by atomic mass is 10.2. The van der Waals surface area contributed by atoms with Gasteiger partial charge in [0.25, 0.3) is 5.56 Å². The van der Waals surface area contributed by atoms with Crippen molar-refractivity contribution in [3.8, 4) is 0 Å². The summed E-state index contributed by atoms with van der Waals surface area (Å²) < 4.78 is 7.16. The zero-order chi connectivity index (χ0) is 14.7. The molecule has 2 rings (SSSR count). The Balaban J connectivity index is 2.08. The van der Waals surface area contributed by atoms with Crippen LogP contribution in [0.2, 0.25) is 0 Å². The maximum atomic E-state index is 12.2. The van der Waals surface area contributed by atoms with Crippen LogP contribution >= 0.6 is 0 Å². The number of aromatic nitrogens is 1. The molecule has 1 fully saturated rings. The third kappa shape index (κ3) is 3.19. The zero-order valence-electron chi connectivity index (χ0n) is 12.1. The monoisotopic (exact) mass is 279 g/mol. The summed E-state index contributed by atoms with van der Waals surface area (Å²) in [6, 6.07) is 3.09. The topological polar surface area (TPSA) is 63.6 Å². The number of hydrogen-bond donors (Lipinski definition) is 1. The molecule has 6 heteroatoms. The van der Waals surface area contributed by atoms with E-state index in [2.05, 4.69) is 5.32 Å². The van der Waals surface area contributed by atoms with Crippen LogP contribution in [0.4, 0.5) is 10.5 Å². The third-order valence-corrected chi connectivity index (χ3v) is 3.43. The van der Waals surface area contributed by atoms with Crippen LogP contribution < -0.4 is 10.9 Å². The molecule has 110 valence electrons. The summed E-state index contributed by atoms with van der Waals surface area (Å²) in [5.41, 5.74) is 0.0846. The van der Waals surface area contributed by atoms with Crippen LogP contribution in [-0.4, -0.2) is 40.8 Å². The van der Waals surface area contributed by atoms with Gasteiger partial charge in [-0.25, -0.2) is 4.79 Å². The highest BCUT2D eigenvalue weighted by Gasteiger charge is 2.27. The lowest BCUT2D eigenvalue weighted by Crippen LogP contribution is -2.50. The second kappa shape index (κ2) is 6.09. The number of urea groups is 1. The van der Waals surface area contributed by atoms with Gasteiger partial charge in [-0.05, 0) is 25.5 Å². The van der Waals surface area contributed by atoms with E-state index in [0.717, 1.165) is 6.42 Å². The summed E-state index contributed by atoms with van der Waals surface area (Å²) in [6.45, 7) is 5.07. The predicted molar refractivity (Wildman–Crippen MR) is 76.9 cm³/mol. The van der Waals surface area contributed by atoms with E-state index in [1.165, 1.54) is 4.57 Å². The van der Waals surface area contributed by atoms with E-state index >= 15 is 0 Å². The van der Waals surface area contributed by atoms with Crippen LogP contribution in [0.15, 0.2) is 23.1 Å². The van der Waals surface area contributed by atoms with E-state index in [1.54, 1.807) is 30.3 Å². The number of carbonyl (C=O) groups excluding carboxylic acids is 1. The summed E-state index contributed by atoms with van der Waals surface area (Å²) in [5, 5.41) is 2.68. The standard InChI is InChI=1S/C14H21N3O3/c1-4-11-9-17(8-10(2)20-11)14(19)15-12-6-5-7-16(3)13(12)18/h5-7,10-11H,4,8-9H2,1-3H3,(H,15,19)/t10-,11-/m0/s1. The molecule has 0 bridgehead atoms. The number of pyridine rings is 1. The maximum absolute atomic E-state index is 12.2. The summed E-state index contributed by atoms with van der Waals surface area (Å²) in [4.78, 5) is 25.8. The van der Waals surface area contributed by atoms with Gasteiger partial charge in [-0.2, -0.15) is 0 Å². The summed E-state index contributed by atoms with van der Waals surface area (Å²) >= 11 is 0. The Hall–Kier alpha value is -1.82. The van der Waals surface area contributed by atoms with E-state index in [9.17, 15) is 9.59 Å². The lowest BCUT2D eigenvalue weighted by molar-refractivity contribution is -0.0632. The molecule has 2 amide bonds. The highest BCUT2D eigenvalue weighted by Crippen LogP contribution is 2.14. The molecule has 1 aliphatic heterocycles. The van der Waals surface area contributed by atoms with Gasteiger partial charge in [-0.1, -0.05) is 6.92 Å². The van der Waals surface area contributed by atoms with Crippen LogP contribution in [0.25, 0.3) is 0 Å². The Labute approximate surface area is 118 Å². The van der Waals surface area contributed by atoms with Gasteiger partial charge in [0.05, 0.1) is 12.2 Å². The van der Waals surface area contributed by atoms with Crippen molar-refractivity contribution in [3.63, 3.8) is 0 Å². The second-order valence-electron chi connectivity index (χ2n) is 5.15. The molecule has 1 saturated heterocycles. The van der Waals surface area contributed by atoms with Crippen molar-refractivity contribution in [3.05, 3.63) is 28.7 Å². The first kappa shape index (κ1) is 14.6. The highest BCUT2D eigenvalue weighted by molar-refractivity contribution is 5.89. The molecule has 2 atom stereocenters. The van der Waals surface area contributed by atoms with Crippen molar-refractivity contribution >= 4 is 11.7 Å². The number of rotatable bonds is 2. The Morgan fingerprint density at radius 2 is 2.25 bits per heavy atom. The summed E-state index contributed by atoms with van der Waals surface area (Å²) in [5.74, 6) is 0. The molecule has 0 unspecified atom stereocenters. The molecular formula is C14H21N3O3. The van der Waals surface area contributed by atoms with Crippen molar-refractivity contribution in [1.29, 1.82) is 0 Å². The number of ether oxygens (including phenoxy) is 1. The highest BCUT2D eigenvalue weighted by atomic mass is 16.5. The van der Waals surface area contributed by atoms with Gasteiger partial charge < -0.3 is 19.5 Å². The van der Waals surface area contributed by atoms with Gasteiger partial charge in [0, 0.05) is 26.3 Å². The van der Waals surface area contributed by atoms with Gasteiger partial charge in [0.2, 0.25) is 0 Å². The fourth-order valence-corrected chi connectivity index (χ4v) is 2.32. The van der Waals surface area contributed by atoms with E-state index in [-0.39, 0.29) is 23.8 Å². The average Bonchev–Trinajstić information content (AvgIpc) is 2.43. The number of amides is 2. The molecular weight excluding hydrogens is 258 g/mol. The van der Waals surface area contributed by atoms with Gasteiger partial charge in [-0.15, -0.1) is 0 Å². The quantitative estimate of drug-likeness (QED) is 0.890. The van der Waals surface area contributed by atoms with Crippen molar-refractivity contribution in [2.45, 2.75) is 32.5 Å². The fourth-order valence-electron chi connectivity index (χ4n) is 2.32. The minimum absolute atomic E-state index is 0.0121. The molecule has 1 aliphatic rings. The van der Waals surface area contributed by atoms with Crippen LogP contribution in [0.5, 0.6) is 0 Å². The number of anilines is 1. The molecule has 2 heterocycles. The van der Waals surface area contributed by atoms with E-state index in [0.29, 0.717) is 18.8 Å². The Bertz CT molecular complexity index is 541. The molecule has 1 aromatic heterocycles. The maximum Gasteiger partial charge on any atom is 0.322 e. The summed E-state index contributed by atoms with van der Waals surface area (Å²) in [7, 11) is 1.65. The van der Waals surface area contributed by atoms with Crippen LogP contribution in [0.1, 0.15) is 20.3 Å². The smallest absolute Gasteiger partial charge is 0.322 e. The minimum Gasteiger partial charge on any atom is -0.372 e. The largest absolute Gasteiger partial charge is 0.372 e. The Morgan fingerprint density at radius 3 is 2.95 bits per heavy atom. The van der Waals surface area contributed by atoms with Crippen LogP contribution in [0, 0.1) is 0 Å². The van der Waals surface area contributed by atoms with Crippen molar-refractivity contribution in [2.24, 2.45) is 7.05 Å². The zero-order valence-corrected chi connectivity index (χ0v) is 12.1. The number of carbonyl (C=O) groups is 1. The first-order chi connectivity index (χ1) is 9.51. The summed E-state index contributed by atoms with van der Waals surface area (Å²) in [6.07, 6.45) is 2.59. The molecule has 20 heavy (non-hydrogen) atoms. The average molecular weight is 279 g/mol. The molecule has 1 aromatic rings. The van der Waals surface area contributed by atoms with E-state index < -0.39 is 0 Å². The van der Waals surface area contributed by atoms with Crippen molar-refractivity contribution in [2.75, 3.05) is 18.4 Å².